The fourth-order valence-corrected chi connectivity index (χ4v) is 16.5. The number of nitrogens with zero attached hydrogens (tertiary/aromatic N) is 3. The van der Waals surface area contributed by atoms with Gasteiger partial charge in [-0.3, -0.25) is 9.36 Å². The van der Waals surface area contributed by atoms with Gasteiger partial charge in [-0.1, -0.05) is 160 Å². The summed E-state index contributed by atoms with van der Waals surface area (Å²) >= 11 is 28.8. The van der Waals surface area contributed by atoms with E-state index in [1.54, 1.807) is 81.5 Å². The molecule has 4 heterocycles. The summed E-state index contributed by atoms with van der Waals surface area (Å²) in [4.78, 5) is 54.0. The number of anilines is 4. The number of carbonyl (C=O) groups excluding carboxylic acids is 1. The van der Waals surface area contributed by atoms with Crippen LogP contribution in [0.15, 0.2) is 300 Å². The number of amides is 1. The van der Waals surface area contributed by atoms with Crippen molar-refractivity contribution in [2.75, 3.05) is 48.7 Å². The van der Waals surface area contributed by atoms with Gasteiger partial charge >= 0.3 is 17.1 Å². The van der Waals surface area contributed by atoms with E-state index < -0.39 is 34.6 Å². The van der Waals surface area contributed by atoms with Gasteiger partial charge in [0.05, 0.1) is 33.8 Å². The Balaban J connectivity index is 0.000000179. The van der Waals surface area contributed by atoms with Crippen LogP contribution in [-0.4, -0.2) is 70.1 Å². The molecule has 108 heavy (non-hydrogen) atoms. The minimum absolute atomic E-state index is 0. The average molecular weight is 1790 g/mol. The average Bonchev–Trinajstić information content (AvgIpc) is 1.64. The van der Waals surface area contributed by atoms with Gasteiger partial charge in [0.1, 0.15) is 40.1 Å². The van der Waals surface area contributed by atoms with Crippen LogP contribution in [0.25, 0.3) is 0 Å². The molecule has 32 heteroatoms. The summed E-state index contributed by atoms with van der Waals surface area (Å²) in [6, 6.07) is 67.1. The summed E-state index contributed by atoms with van der Waals surface area (Å²) in [6.45, 7) is 3.64. The maximum Gasteiger partial charge on any atom is 0.339 e. The van der Waals surface area contributed by atoms with Crippen LogP contribution in [0.1, 0.15) is 49.6 Å². The number of nitrogens with two attached hydrogens (primary N) is 3. The van der Waals surface area contributed by atoms with E-state index in [-0.39, 0.29) is 55.6 Å². The number of hydrogen-bond donors (Lipinski definition) is 7. The molecule has 10 N–H and O–H groups in total. The van der Waals surface area contributed by atoms with E-state index in [0.717, 1.165) is 122 Å². The summed E-state index contributed by atoms with van der Waals surface area (Å²) in [6.07, 6.45) is 0. The molecule has 0 radical (unpaired) electrons. The third kappa shape index (κ3) is 26.4. The number of aliphatic imine (C=N–C) groups is 2. The van der Waals surface area contributed by atoms with Crippen molar-refractivity contribution in [3.05, 3.63) is 298 Å². The molecule has 0 saturated carbocycles. The number of piperazine rings is 1. The molecular weight excluding hydrogens is 1730 g/mol. The Labute approximate surface area is 685 Å². The van der Waals surface area contributed by atoms with Crippen LogP contribution in [0.5, 0.6) is 0 Å². The molecule has 1 saturated heterocycles. The maximum atomic E-state index is 13.8. The predicted molar refractivity (Wildman–Crippen MR) is 436 cm³/mol. The fraction of sp³-hybridized carbons (Fsp3) is 0.0658. The molecule has 0 spiro atoms. The normalized spacial score (nSPS) is 12.5. The Morgan fingerprint density at radius 1 is 0.491 bits per heavy atom. The van der Waals surface area contributed by atoms with Gasteiger partial charge in [0.15, 0.2) is 0 Å². The minimum atomic E-state index is -3.22. The van der Waals surface area contributed by atoms with Crippen molar-refractivity contribution in [1.29, 1.82) is 0 Å². The van der Waals surface area contributed by atoms with Gasteiger partial charge in [-0.25, -0.2) is 41.5 Å². The van der Waals surface area contributed by atoms with Crippen LogP contribution in [0.4, 0.5) is 56.1 Å². The number of para-hydroxylation sites is 6. The summed E-state index contributed by atoms with van der Waals surface area (Å²) in [5, 5.41) is 20.8. The zero-order chi connectivity index (χ0) is 76.0. The van der Waals surface area contributed by atoms with E-state index in [4.69, 9.17) is 44.0 Å². The molecule has 554 valence electrons. The van der Waals surface area contributed by atoms with Crippen molar-refractivity contribution < 1.29 is 70.6 Å². The number of amidine groups is 1. The Morgan fingerprint density at radius 2 is 0.880 bits per heavy atom. The summed E-state index contributed by atoms with van der Waals surface area (Å²) in [7, 11) is 3.25. The van der Waals surface area contributed by atoms with Gasteiger partial charge in [-0.05, 0) is 213 Å². The van der Waals surface area contributed by atoms with Crippen molar-refractivity contribution in [3.8, 4) is 0 Å². The number of nitrogens with one attached hydrogen (secondary N) is 2. The minimum Gasteiger partial charge on any atom is -0.478 e. The summed E-state index contributed by atoms with van der Waals surface area (Å²) in [5.74, 6) is -3.72. The van der Waals surface area contributed by atoms with Crippen molar-refractivity contribution in [2.24, 2.45) is 9.98 Å². The maximum absolute atomic E-state index is 13.8. The Morgan fingerprint density at radius 3 is 1.39 bits per heavy atom. The number of hydrogen-bond acceptors (Lipinski definition) is 17. The second-order valence-electron chi connectivity index (χ2n) is 21.8. The van der Waals surface area contributed by atoms with E-state index in [1.807, 2.05) is 127 Å². The Kier molecular flexibility index (Phi) is 34.7. The Hall–Kier alpha value is -7.43. The van der Waals surface area contributed by atoms with Gasteiger partial charge in [-0.2, -0.15) is 0 Å². The molecule has 0 aromatic heterocycles. The molecule has 0 bridgehead atoms. The van der Waals surface area contributed by atoms with Crippen LogP contribution in [0, 0.1) is 29.1 Å². The molecule has 15 rings (SSSR count). The molecule has 4 aliphatic rings. The summed E-state index contributed by atoms with van der Waals surface area (Å²) < 4.78 is 75.5. The zero-order valence-corrected chi connectivity index (χ0v) is 68.7. The first kappa shape index (κ1) is 87.8. The molecular formula is C76H61BrCl4F5N8O6PS6Zn. The zero-order valence-electron chi connectivity index (χ0n) is 55.3. The van der Waals surface area contributed by atoms with Crippen molar-refractivity contribution in [1.82, 2.24) is 10.2 Å². The van der Waals surface area contributed by atoms with E-state index in [0.29, 0.717) is 31.4 Å². The predicted octanol–water partition coefficient (Wildman–Crippen LogP) is 24.1. The third-order valence-electron chi connectivity index (χ3n) is 14.4. The largest absolute Gasteiger partial charge is 0.478 e. The molecule has 1 fully saturated rings. The van der Waals surface area contributed by atoms with Crippen LogP contribution in [0.2, 0.25) is 0 Å². The molecule has 1 amide bonds. The Bertz CT molecular complexity index is 5090. The number of nitrogen functional groups attached to an aromatic ring is 3. The molecule has 11 aromatic rings. The molecule has 0 aliphatic carbocycles. The molecule has 4 aliphatic heterocycles. The van der Waals surface area contributed by atoms with E-state index >= 15 is 0 Å². The van der Waals surface area contributed by atoms with Crippen molar-refractivity contribution in [2.45, 2.75) is 56.4 Å². The van der Waals surface area contributed by atoms with Gasteiger partial charge in [0, 0.05) is 127 Å². The first-order valence-corrected chi connectivity index (χ1v) is 42.0. The number of fused-ring (bicyclic) bond motifs is 6. The van der Waals surface area contributed by atoms with Crippen molar-refractivity contribution >= 4 is 198 Å². The molecule has 0 atom stereocenters. The topological polar surface area (TPSA) is 239 Å². The van der Waals surface area contributed by atoms with Crippen LogP contribution in [0.3, 0.4) is 0 Å². The molecule has 0 unspecified atom stereocenters. The first-order valence-electron chi connectivity index (χ1n) is 31.0. The fourth-order valence-electron chi connectivity index (χ4n) is 9.53. The van der Waals surface area contributed by atoms with Crippen molar-refractivity contribution in [3.63, 3.8) is 0 Å². The second kappa shape index (κ2) is 42.7. The second-order valence-corrected chi connectivity index (χ2v) is 36.2. The number of carboxylic acid groups (broad SMARTS) is 2. The number of carboxylic acids is 2. The first-order chi connectivity index (χ1) is 50.7. The standard InChI is InChI=1S/C17H16FN3S.C13H7ClFNS.C13H10FNO2S.C13H8FNOS.C12H12N2S2.C7H4BrFO2.CH4.Cl3OP.Zn/c18-12-5-6-15-13(11-12)17(21-9-7-19-8-10-21)20-14-3-1-2-4-16(14)22-15;14-13-9-7-8(15)5-6-11(9)17-12-4-2-1-3-10(12)16-13;14-8-5-6-11(9(7-8)13(16)17)18-12-4-2-1-3-10(12)15;14-8-5-6-11-9(7-8)13(16)15-10-3-1-2-4-12(10)17-11;13-9-5-1-3-7-11(9)15-16-12-8-4-2-6-10(12)14;8-6-2-1-4(9)3-5(6)7(10)11;;1-5(2,3)4;/h1-6,11,19H,7-10H2;1-7H;1-7H,15H2,(H,16,17);1-7H,(H,15,16);1-8H,13-14H2;1-3H,(H,10,11);1H4;;. The number of halogens is 10. The number of benzene rings is 11. The van der Waals surface area contributed by atoms with Gasteiger partial charge in [0.25, 0.3) is 5.91 Å². The quantitative estimate of drug-likeness (QED) is 0.0258. The van der Waals surface area contributed by atoms with Crippen LogP contribution < -0.4 is 27.8 Å². The SMILES string of the molecule is C.Fc1ccc2c(c1)C(Cl)=Nc1ccccc1S2.Fc1ccc2c(c1)C(N1CCNCC1)=Nc1ccccc1S2.Nc1ccccc1SSc1ccccc1N.Nc1ccccc1Sc1ccc(F)cc1C(=O)O.O=C(O)c1cc(F)ccc1Br.O=C1Nc2ccccc2Sc2ccc(F)cc21.O=P(Cl)(Cl)Cl.[Zn]. The van der Waals surface area contributed by atoms with E-state index in [2.05, 4.69) is 76.2 Å². The molecule has 11 aromatic carbocycles. The number of aromatic carboxylic acids is 2. The van der Waals surface area contributed by atoms with E-state index in [9.17, 15) is 40.9 Å². The monoisotopic (exact) mass is 1780 g/mol. The smallest absolute Gasteiger partial charge is 0.339 e. The number of carbonyl (C=O) groups is 3. The van der Waals surface area contributed by atoms with Crippen LogP contribution >= 0.6 is 135 Å². The summed E-state index contributed by atoms with van der Waals surface area (Å²) in [5.41, 5.74) is 24.0. The van der Waals surface area contributed by atoms with Gasteiger partial charge < -0.3 is 42.9 Å². The number of rotatable bonds is 7. The van der Waals surface area contributed by atoms with Crippen LogP contribution in [-0.2, 0) is 24.0 Å². The van der Waals surface area contributed by atoms with Gasteiger partial charge in [0.2, 0.25) is 0 Å². The molecule has 14 nitrogen and oxygen atoms in total. The van der Waals surface area contributed by atoms with Gasteiger partial charge in [-0.15, -0.1) is 0 Å². The third-order valence-corrected chi connectivity index (χ3v) is 22.5. The van der Waals surface area contributed by atoms with E-state index in [1.165, 1.54) is 78.1 Å².